The Balaban J connectivity index is 2.72. The van der Waals surface area contributed by atoms with Crippen molar-refractivity contribution in [3.63, 3.8) is 0 Å². The van der Waals surface area contributed by atoms with Gasteiger partial charge < -0.3 is 4.43 Å². The van der Waals surface area contributed by atoms with Gasteiger partial charge in [-0.25, -0.2) is 0 Å². The maximum atomic E-state index is 5.38. The highest BCUT2D eigenvalue weighted by molar-refractivity contribution is 6.27. The van der Waals surface area contributed by atoms with Gasteiger partial charge in [-0.05, 0) is 19.9 Å². The first-order chi connectivity index (χ1) is 3.77. The molecule has 0 rings (SSSR count). The Morgan fingerprint density at radius 1 is 1.62 bits per heavy atom. The van der Waals surface area contributed by atoms with Crippen molar-refractivity contribution in [2.45, 2.75) is 32.4 Å². The predicted octanol–water partition coefficient (Wildman–Crippen LogP) is 1.14. The molecule has 0 amide bonds. The third-order valence-electron chi connectivity index (χ3n) is 0.846. The third kappa shape index (κ3) is 6.18. The lowest BCUT2D eigenvalue weighted by atomic mass is 10.5. The van der Waals surface area contributed by atoms with E-state index < -0.39 is 0 Å². The van der Waals surface area contributed by atoms with Crippen LogP contribution in [0.5, 0.6) is 0 Å². The monoisotopic (exact) mass is 131 g/mol. The third-order valence-corrected chi connectivity index (χ3v) is 2.54. The summed E-state index contributed by atoms with van der Waals surface area (Å²) in [6, 6.07) is 1.22. The summed E-state index contributed by atoms with van der Waals surface area (Å²) in [4.78, 5) is 0. The summed E-state index contributed by atoms with van der Waals surface area (Å²) in [5.41, 5.74) is 0. The van der Waals surface area contributed by atoms with Gasteiger partial charge in [0.25, 0.3) is 0 Å². The van der Waals surface area contributed by atoms with Crippen molar-refractivity contribution >= 4 is 9.76 Å². The lowest BCUT2D eigenvalue weighted by Crippen LogP contribution is -2.05. The molecule has 0 aromatic heterocycles. The minimum absolute atomic E-state index is 0.199. The summed E-state index contributed by atoms with van der Waals surface area (Å²) in [6.07, 6.45) is 1.48. The number of rotatable bonds is 4. The quantitative estimate of drug-likeness (QED) is 0.410. The van der Waals surface area contributed by atoms with Crippen molar-refractivity contribution in [1.29, 1.82) is 0 Å². The second-order valence-corrected chi connectivity index (χ2v) is 3.58. The molecular formula is C6H15OSi. The Bertz CT molecular complexity index is 45.8. The van der Waals surface area contributed by atoms with E-state index in [0.717, 1.165) is 6.42 Å². The molecule has 1 nitrogen and oxygen atoms in total. The van der Waals surface area contributed by atoms with Crippen LogP contribution in [0, 0.1) is 6.92 Å². The average molecular weight is 131 g/mol. The largest absolute Gasteiger partial charge is 0.422 e. The van der Waals surface area contributed by atoms with Gasteiger partial charge in [0.05, 0.1) is 0 Å². The van der Waals surface area contributed by atoms with E-state index >= 15 is 0 Å². The van der Waals surface area contributed by atoms with E-state index in [9.17, 15) is 0 Å². The molecule has 0 spiro atoms. The SMILES string of the molecule is [CH2]CC[SiH2]OC(C)C. The smallest absolute Gasteiger partial charge is 0.161 e. The molecule has 2 heteroatoms. The molecule has 0 aliphatic rings. The van der Waals surface area contributed by atoms with Gasteiger partial charge >= 0.3 is 0 Å². The van der Waals surface area contributed by atoms with Crippen molar-refractivity contribution < 1.29 is 4.43 Å². The Kier molecular flexibility index (Phi) is 5.43. The molecule has 0 saturated heterocycles. The van der Waals surface area contributed by atoms with E-state index in [0.29, 0.717) is 6.10 Å². The van der Waals surface area contributed by atoms with Crippen LogP contribution in [0.15, 0.2) is 0 Å². The Morgan fingerprint density at radius 3 is 2.62 bits per heavy atom. The standard InChI is InChI=1S/C6H15OSi/c1-4-5-8-7-6(2)3/h6H,1,4-5,8H2,2-3H3. The van der Waals surface area contributed by atoms with E-state index in [1.54, 1.807) is 0 Å². The predicted molar refractivity (Wildman–Crippen MR) is 39.5 cm³/mol. The summed E-state index contributed by atoms with van der Waals surface area (Å²) in [6.45, 7) is 7.90. The van der Waals surface area contributed by atoms with Crippen LogP contribution >= 0.6 is 0 Å². The Hall–Kier alpha value is 0.177. The van der Waals surface area contributed by atoms with Crippen LogP contribution in [0.4, 0.5) is 0 Å². The molecule has 1 radical (unpaired) electrons. The van der Waals surface area contributed by atoms with Gasteiger partial charge in [0.1, 0.15) is 0 Å². The average Bonchev–Trinajstić information content (AvgIpc) is 1.66. The zero-order valence-corrected chi connectivity index (χ0v) is 7.23. The summed E-state index contributed by atoms with van der Waals surface area (Å²) >= 11 is 0. The summed E-state index contributed by atoms with van der Waals surface area (Å²) in [5, 5.41) is 0. The minimum Gasteiger partial charge on any atom is -0.422 e. The minimum atomic E-state index is -0.199. The van der Waals surface area contributed by atoms with E-state index in [2.05, 4.69) is 20.8 Å². The first-order valence-corrected chi connectivity index (χ1v) is 4.76. The maximum Gasteiger partial charge on any atom is 0.161 e. The normalized spacial score (nSPS) is 12.0. The summed E-state index contributed by atoms with van der Waals surface area (Å²) in [7, 11) is -0.199. The molecule has 0 aliphatic heterocycles. The molecule has 0 unspecified atom stereocenters. The van der Waals surface area contributed by atoms with Crippen molar-refractivity contribution in [2.75, 3.05) is 0 Å². The molecule has 8 heavy (non-hydrogen) atoms. The fourth-order valence-corrected chi connectivity index (χ4v) is 1.26. The first-order valence-electron chi connectivity index (χ1n) is 3.18. The molecule has 49 valence electrons. The van der Waals surface area contributed by atoms with Crippen LogP contribution in [0.1, 0.15) is 20.3 Å². The topological polar surface area (TPSA) is 9.23 Å². The van der Waals surface area contributed by atoms with E-state index in [1.807, 2.05) is 0 Å². The highest BCUT2D eigenvalue weighted by atomic mass is 28.2. The second-order valence-electron chi connectivity index (χ2n) is 2.13. The van der Waals surface area contributed by atoms with Crippen molar-refractivity contribution in [3.05, 3.63) is 6.92 Å². The van der Waals surface area contributed by atoms with Crippen LogP contribution in [0.2, 0.25) is 6.04 Å². The molecule has 0 aliphatic carbocycles. The van der Waals surface area contributed by atoms with Crippen LogP contribution in [0.3, 0.4) is 0 Å². The molecular weight excluding hydrogens is 116 g/mol. The van der Waals surface area contributed by atoms with Crippen molar-refractivity contribution in [2.24, 2.45) is 0 Å². The number of hydrogen-bond acceptors (Lipinski definition) is 1. The second kappa shape index (κ2) is 5.32. The van der Waals surface area contributed by atoms with E-state index in [4.69, 9.17) is 4.43 Å². The van der Waals surface area contributed by atoms with Crippen LogP contribution in [0.25, 0.3) is 0 Å². The zero-order chi connectivity index (χ0) is 6.41. The van der Waals surface area contributed by atoms with E-state index in [1.165, 1.54) is 6.04 Å². The van der Waals surface area contributed by atoms with Crippen LogP contribution in [-0.4, -0.2) is 15.9 Å². The molecule has 0 heterocycles. The van der Waals surface area contributed by atoms with Gasteiger partial charge in [0.2, 0.25) is 0 Å². The van der Waals surface area contributed by atoms with Crippen molar-refractivity contribution in [1.82, 2.24) is 0 Å². The van der Waals surface area contributed by atoms with Crippen LogP contribution in [-0.2, 0) is 4.43 Å². The fraction of sp³-hybridized carbons (Fsp3) is 0.833. The van der Waals surface area contributed by atoms with Crippen molar-refractivity contribution in [3.8, 4) is 0 Å². The maximum absolute atomic E-state index is 5.38. The summed E-state index contributed by atoms with van der Waals surface area (Å²) in [5.74, 6) is 0. The molecule has 0 bridgehead atoms. The lowest BCUT2D eigenvalue weighted by Gasteiger charge is -2.04. The lowest BCUT2D eigenvalue weighted by molar-refractivity contribution is 0.255. The molecule has 0 N–H and O–H groups in total. The van der Waals surface area contributed by atoms with Crippen LogP contribution < -0.4 is 0 Å². The van der Waals surface area contributed by atoms with Gasteiger partial charge in [-0.15, -0.1) is 0 Å². The van der Waals surface area contributed by atoms with Gasteiger partial charge in [-0.3, -0.25) is 0 Å². The van der Waals surface area contributed by atoms with Gasteiger partial charge in [-0.1, -0.05) is 13.3 Å². The molecule has 0 fully saturated rings. The van der Waals surface area contributed by atoms with Gasteiger partial charge in [0, 0.05) is 6.10 Å². The molecule has 0 atom stereocenters. The Morgan fingerprint density at radius 2 is 2.25 bits per heavy atom. The molecule has 0 aromatic rings. The van der Waals surface area contributed by atoms with Gasteiger partial charge in [-0.2, -0.15) is 0 Å². The first kappa shape index (κ1) is 8.18. The van der Waals surface area contributed by atoms with Gasteiger partial charge in [0.15, 0.2) is 9.76 Å². The molecule has 0 aromatic carbocycles. The van der Waals surface area contributed by atoms with E-state index in [-0.39, 0.29) is 9.76 Å². The highest BCUT2D eigenvalue weighted by Gasteiger charge is 1.90. The molecule has 0 saturated carbocycles. The number of hydrogen-bond donors (Lipinski definition) is 0. The zero-order valence-electron chi connectivity index (χ0n) is 5.81. The fourth-order valence-electron chi connectivity index (χ4n) is 0.421. The Labute approximate surface area is 54.4 Å². The summed E-state index contributed by atoms with van der Waals surface area (Å²) < 4.78 is 5.38. The highest BCUT2D eigenvalue weighted by Crippen LogP contribution is 1.90.